The van der Waals surface area contributed by atoms with Crippen LogP contribution in [0.15, 0.2) is 28.8 Å². The average molecular weight is 349 g/mol. The minimum atomic E-state index is -0.689. The molecule has 1 aliphatic rings. The Balaban J connectivity index is 2.59. The number of hydrogen-bond donors (Lipinski definition) is 0. The summed E-state index contributed by atoms with van der Waals surface area (Å²) in [6, 6.07) is 7.19. The van der Waals surface area contributed by atoms with Gasteiger partial charge in [-0.25, -0.2) is 0 Å². The van der Waals surface area contributed by atoms with E-state index in [9.17, 15) is 14.9 Å². The van der Waals surface area contributed by atoms with Gasteiger partial charge in [0.15, 0.2) is 5.78 Å². The van der Waals surface area contributed by atoms with Crippen LogP contribution in [0.1, 0.15) is 26.3 Å². The first-order chi connectivity index (χ1) is 10.7. The second kappa shape index (κ2) is 6.38. The summed E-state index contributed by atoms with van der Waals surface area (Å²) in [7, 11) is 0. The monoisotopic (exact) mass is 348 g/mol. The summed E-state index contributed by atoms with van der Waals surface area (Å²) in [5.74, 6) is -0.214. The maximum Gasteiger partial charge on any atom is 0.242 e. The van der Waals surface area contributed by atoms with Crippen molar-refractivity contribution in [1.82, 2.24) is 0 Å². The van der Waals surface area contributed by atoms with Crippen molar-refractivity contribution < 1.29 is 9.59 Å². The molecule has 120 valence electrons. The highest BCUT2D eigenvalue weighted by atomic mass is 35.5. The number of rotatable bonds is 2. The third-order valence-electron chi connectivity index (χ3n) is 3.42. The van der Waals surface area contributed by atoms with E-state index in [4.69, 9.17) is 11.6 Å². The molecule has 23 heavy (non-hydrogen) atoms. The summed E-state index contributed by atoms with van der Waals surface area (Å²) < 4.78 is 0. The molecule has 1 heterocycles. The fourth-order valence-electron chi connectivity index (χ4n) is 2.16. The minimum Gasteiger partial charge on any atom is -0.293 e. The van der Waals surface area contributed by atoms with Gasteiger partial charge in [0, 0.05) is 16.1 Å². The number of halogens is 1. The predicted octanol–water partition coefficient (Wildman–Crippen LogP) is 4.08. The van der Waals surface area contributed by atoms with E-state index in [1.54, 1.807) is 39.0 Å². The van der Waals surface area contributed by atoms with Crippen LogP contribution in [0.4, 0.5) is 5.69 Å². The summed E-state index contributed by atoms with van der Waals surface area (Å²) in [4.78, 5) is 26.3. The molecule has 0 unspecified atom stereocenters. The average Bonchev–Trinajstić information content (AvgIpc) is 2.83. The molecule has 0 aromatic heterocycles. The van der Waals surface area contributed by atoms with Crippen LogP contribution in [-0.2, 0) is 9.59 Å². The second-order valence-electron chi connectivity index (χ2n) is 6.32. The lowest BCUT2D eigenvalue weighted by atomic mass is 9.87. The lowest BCUT2D eigenvalue weighted by molar-refractivity contribution is -0.122. The SMILES string of the molecule is Cc1cc(N2C(=O)CSC2=C(C#N)C(=O)C(C)(C)C)ccc1Cl. The van der Waals surface area contributed by atoms with Gasteiger partial charge < -0.3 is 0 Å². The normalized spacial score (nSPS) is 17.2. The van der Waals surface area contributed by atoms with E-state index in [0.717, 1.165) is 5.56 Å². The first-order valence-corrected chi connectivity index (χ1v) is 8.44. The largest absolute Gasteiger partial charge is 0.293 e. The molecule has 0 saturated carbocycles. The Morgan fingerprint density at radius 2 is 2.04 bits per heavy atom. The lowest BCUT2D eigenvalue weighted by Gasteiger charge is -2.22. The molecule has 4 nitrogen and oxygen atoms in total. The van der Waals surface area contributed by atoms with Gasteiger partial charge in [-0.2, -0.15) is 5.26 Å². The number of carbonyl (C=O) groups excluding carboxylic acids is 2. The smallest absolute Gasteiger partial charge is 0.242 e. The highest BCUT2D eigenvalue weighted by molar-refractivity contribution is 8.04. The molecule has 0 spiro atoms. The number of thioether (sulfide) groups is 1. The van der Waals surface area contributed by atoms with E-state index in [-0.39, 0.29) is 23.0 Å². The van der Waals surface area contributed by atoms with E-state index >= 15 is 0 Å². The fraction of sp³-hybridized carbons (Fsp3) is 0.353. The molecule has 0 N–H and O–H groups in total. The van der Waals surface area contributed by atoms with Crippen molar-refractivity contribution in [2.24, 2.45) is 5.41 Å². The summed E-state index contributed by atoms with van der Waals surface area (Å²) in [6.07, 6.45) is 0. The van der Waals surface area contributed by atoms with Crippen molar-refractivity contribution in [2.75, 3.05) is 10.7 Å². The minimum absolute atomic E-state index is 0.0287. The van der Waals surface area contributed by atoms with E-state index < -0.39 is 5.41 Å². The molecule has 1 amide bonds. The van der Waals surface area contributed by atoms with Gasteiger partial charge in [-0.1, -0.05) is 44.1 Å². The molecule has 6 heteroatoms. The number of Topliss-reactive ketones (excluding diaryl/α,β-unsaturated/α-hetero) is 1. The number of anilines is 1. The van der Waals surface area contributed by atoms with E-state index in [0.29, 0.717) is 15.7 Å². The first kappa shape index (κ1) is 17.6. The van der Waals surface area contributed by atoms with Crippen molar-refractivity contribution >= 4 is 40.7 Å². The number of nitriles is 1. The lowest BCUT2D eigenvalue weighted by Crippen LogP contribution is -2.28. The molecule has 1 fully saturated rings. The Morgan fingerprint density at radius 3 is 2.57 bits per heavy atom. The second-order valence-corrected chi connectivity index (χ2v) is 7.69. The third kappa shape index (κ3) is 3.44. The molecular weight excluding hydrogens is 332 g/mol. The van der Waals surface area contributed by atoms with Gasteiger partial charge in [0.2, 0.25) is 5.91 Å². The molecule has 1 aromatic rings. The van der Waals surface area contributed by atoms with Gasteiger partial charge in [0.05, 0.1) is 5.75 Å². The molecule has 0 aliphatic carbocycles. The van der Waals surface area contributed by atoms with E-state index in [1.807, 2.05) is 13.0 Å². The Labute approximate surface area is 145 Å². The Kier molecular flexibility index (Phi) is 4.88. The number of aryl methyl sites for hydroxylation is 1. The maximum atomic E-state index is 12.5. The molecule has 2 rings (SSSR count). The summed E-state index contributed by atoms with van der Waals surface area (Å²) in [5.41, 5.74) is 0.785. The van der Waals surface area contributed by atoms with Crippen LogP contribution in [0.5, 0.6) is 0 Å². The van der Waals surface area contributed by atoms with Gasteiger partial charge in [0.25, 0.3) is 0 Å². The number of benzene rings is 1. The zero-order valence-corrected chi connectivity index (χ0v) is 15.0. The Bertz CT molecular complexity index is 757. The van der Waals surface area contributed by atoms with Crippen LogP contribution >= 0.6 is 23.4 Å². The van der Waals surface area contributed by atoms with E-state index in [2.05, 4.69) is 0 Å². The summed E-state index contributed by atoms with van der Waals surface area (Å²) in [6.45, 7) is 7.11. The van der Waals surface area contributed by atoms with Crippen LogP contribution in [0, 0.1) is 23.7 Å². The maximum absolute atomic E-state index is 12.5. The Morgan fingerprint density at radius 1 is 1.39 bits per heavy atom. The van der Waals surface area contributed by atoms with Crippen molar-refractivity contribution in [1.29, 1.82) is 5.26 Å². The van der Waals surface area contributed by atoms with Crippen molar-refractivity contribution in [2.45, 2.75) is 27.7 Å². The number of hydrogen-bond acceptors (Lipinski definition) is 4. The molecule has 1 aliphatic heterocycles. The quantitative estimate of drug-likeness (QED) is 0.596. The predicted molar refractivity (Wildman–Crippen MR) is 93.2 cm³/mol. The van der Waals surface area contributed by atoms with Gasteiger partial charge in [-0.3, -0.25) is 14.5 Å². The summed E-state index contributed by atoms with van der Waals surface area (Å²) in [5, 5.41) is 10.5. The zero-order chi connectivity index (χ0) is 17.4. The zero-order valence-electron chi connectivity index (χ0n) is 13.4. The van der Waals surface area contributed by atoms with Gasteiger partial charge in [0.1, 0.15) is 16.7 Å². The van der Waals surface area contributed by atoms with Crippen LogP contribution in [0.3, 0.4) is 0 Å². The molecular formula is C17H17ClN2O2S. The molecule has 0 radical (unpaired) electrons. The molecule has 1 saturated heterocycles. The highest BCUT2D eigenvalue weighted by Crippen LogP contribution is 2.38. The van der Waals surface area contributed by atoms with Crippen molar-refractivity contribution in [3.8, 4) is 6.07 Å². The van der Waals surface area contributed by atoms with Crippen LogP contribution < -0.4 is 4.90 Å². The van der Waals surface area contributed by atoms with Crippen LogP contribution in [-0.4, -0.2) is 17.4 Å². The number of allylic oxidation sites excluding steroid dienone is 1. The van der Waals surface area contributed by atoms with Gasteiger partial charge in [-0.15, -0.1) is 0 Å². The Hall–Kier alpha value is -1.77. The number of ketones is 1. The summed E-state index contributed by atoms with van der Waals surface area (Å²) >= 11 is 7.25. The van der Waals surface area contributed by atoms with Crippen molar-refractivity contribution in [3.63, 3.8) is 0 Å². The van der Waals surface area contributed by atoms with Crippen LogP contribution in [0.25, 0.3) is 0 Å². The third-order valence-corrected chi connectivity index (χ3v) is 4.89. The van der Waals surface area contributed by atoms with Gasteiger partial charge in [-0.05, 0) is 30.7 Å². The number of carbonyl (C=O) groups is 2. The first-order valence-electron chi connectivity index (χ1n) is 7.08. The van der Waals surface area contributed by atoms with E-state index in [1.165, 1.54) is 16.7 Å². The number of amides is 1. The van der Waals surface area contributed by atoms with Crippen LogP contribution in [0.2, 0.25) is 5.02 Å². The standard InChI is InChI=1S/C17H17ClN2O2S/c1-10-7-11(5-6-13(10)18)20-14(21)9-23-16(20)12(8-19)15(22)17(2,3)4/h5-7H,9H2,1-4H3. The topological polar surface area (TPSA) is 61.2 Å². The van der Waals surface area contributed by atoms with Crippen molar-refractivity contribution in [3.05, 3.63) is 39.4 Å². The fourth-order valence-corrected chi connectivity index (χ4v) is 3.28. The highest BCUT2D eigenvalue weighted by Gasteiger charge is 2.36. The molecule has 1 aromatic carbocycles. The molecule has 0 atom stereocenters. The number of nitrogens with zero attached hydrogens (tertiary/aromatic N) is 2. The molecule has 0 bridgehead atoms. The van der Waals surface area contributed by atoms with Gasteiger partial charge >= 0.3 is 0 Å².